The molecule has 1 aliphatic carbocycles. The molecule has 0 bridgehead atoms. The zero-order valence-electron chi connectivity index (χ0n) is 12.0. The van der Waals surface area contributed by atoms with E-state index in [4.69, 9.17) is 4.42 Å². The van der Waals surface area contributed by atoms with Gasteiger partial charge < -0.3 is 14.6 Å². The summed E-state index contributed by atoms with van der Waals surface area (Å²) < 4.78 is 5.35. The van der Waals surface area contributed by atoms with Crippen LogP contribution >= 0.6 is 0 Å². The summed E-state index contributed by atoms with van der Waals surface area (Å²) in [4.78, 5) is 16.8. The lowest BCUT2D eigenvalue weighted by atomic mass is 10.2. The Bertz CT molecular complexity index is 438. The molecule has 0 unspecified atom stereocenters. The van der Waals surface area contributed by atoms with Crippen LogP contribution in [0, 0.1) is 5.92 Å². The van der Waals surface area contributed by atoms with Crippen LogP contribution in [0.4, 0.5) is 0 Å². The van der Waals surface area contributed by atoms with Gasteiger partial charge in [-0.05, 0) is 25.6 Å². The van der Waals surface area contributed by atoms with Crippen LogP contribution in [0.15, 0.2) is 22.8 Å². The second-order valence-corrected chi connectivity index (χ2v) is 5.90. The Kier molecular flexibility index (Phi) is 4.08. The Morgan fingerprint density at radius 2 is 2.20 bits per heavy atom. The molecule has 1 N–H and O–H groups in total. The Hall–Kier alpha value is -1.33. The van der Waals surface area contributed by atoms with Gasteiger partial charge in [-0.3, -0.25) is 9.69 Å². The van der Waals surface area contributed by atoms with E-state index in [-0.39, 0.29) is 11.8 Å². The van der Waals surface area contributed by atoms with E-state index in [1.807, 2.05) is 12.1 Å². The SMILES string of the molecule is CN1CCN(CCNC(=O)[C@@H]2C[C@@H]2c2ccco2)CC1. The lowest BCUT2D eigenvalue weighted by Gasteiger charge is -2.32. The molecule has 20 heavy (non-hydrogen) atoms. The number of rotatable bonds is 5. The quantitative estimate of drug-likeness (QED) is 0.863. The lowest BCUT2D eigenvalue weighted by Crippen LogP contribution is -2.47. The highest BCUT2D eigenvalue weighted by Crippen LogP contribution is 2.47. The number of hydrogen-bond acceptors (Lipinski definition) is 4. The van der Waals surface area contributed by atoms with Crippen LogP contribution in [-0.4, -0.2) is 62.0 Å². The first-order valence-corrected chi connectivity index (χ1v) is 7.46. The van der Waals surface area contributed by atoms with E-state index in [1.165, 1.54) is 0 Å². The van der Waals surface area contributed by atoms with Gasteiger partial charge in [0.2, 0.25) is 5.91 Å². The van der Waals surface area contributed by atoms with E-state index in [0.717, 1.165) is 51.4 Å². The fourth-order valence-corrected chi connectivity index (χ4v) is 2.84. The topological polar surface area (TPSA) is 48.7 Å². The number of carbonyl (C=O) groups excluding carboxylic acids is 1. The average Bonchev–Trinajstić information content (AvgIpc) is 3.07. The van der Waals surface area contributed by atoms with Gasteiger partial charge in [0.1, 0.15) is 5.76 Å². The maximum absolute atomic E-state index is 12.0. The summed E-state index contributed by atoms with van der Waals surface area (Å²) in [5, 5.41) is 3.06. The first-order chi connectivity index (χ1) is 9.74. The van der Waals surface area contributed by atoms with E-state index in [1.54, 1.807) is 6.26 Å². The lowest BCUT2D eigenvalue weighted by molar-refractivity contribution is -0.122. The van der Waals surface area contributed by atoms with Gasteiger partial charge in [0.25, 0.3) is 0 Å². The van der Waals surface area contributed by atoms with Crippen molar-refractivity contribution in [2.45, 2.75) is 12.3 Å². The van der Waals surface area contributed by atoms with Crippen molar-refractivity contribution in [1.29, 1.82) is 0 Å². The molecule has 0 radical (unpaired) electrons. The Morgan fingerprint density at radius 3 is 2.90 bits per heavy atom. The van der Waals surface area contributed by atoms with E-state index >= 15 is 0 Å². The highest BCUT2D eigenvalue weighted by molar-refractivity contribution is 5.82. The van der Waals surface area contributed by atoms with Crippen molar-refractivity contribution in [3.63, 3.8) is 0 Å². The van der Waals surface area contributed by atoms with E-state index in [2.05, 4.69) is 22.2 Å². The van der Waals surface area contributed by atoms with Gasteiger partial charge in [0, 0.05) is 51.1 Å². The molecule has 3 rings (SSSR count). The number of nitrogens with one attached hydrogen (secondary N) is 1. The maximum Gasteiger partial charge on any atom is 0.223 e. The molecule has 110 valence electrons. The molecular weight excluding hydrogens is 254 g/mol. The summed E-state index contributed by atoms with van der Waals surface area (Å²) in [5.74, 6) is 1.55. The third kappa shape index (κ3) is 3.22. The minimum atomic E-state index is 0.119. The van der Waals surface area contributed by atoms with E-state index in [0.29, 0.717) is 5.92 Å². The number of likely N-dealkylation sites (N-methyl/N-ethyl adjacent to an activating group) is 1. The van der Waals surface area contributed by atoms with Crippen molar-refractivity contribution >= 4 is 5.91 Å². The molecule has 5 nitrogen and oxygen atoms in total. The summed E-state index contributed by atoms with van der Waals surface area (Å²) in [6.07, 6.45) is 2.60. The fraction of sp³-hybridized carbons (Fsp3) is 0.667. The molecule has 2 aliphatic rings. The molecule has 5 heteroatoms. The molecule has 2 heterocycles. The summed E-state index contributed by atoms with van der Waals surface area (Å²) in [6, 6.07) is 3.85. The van der Waals surface area contributed by atoms with Crippen molar-refractivity contribution in [2.24, 2.45) is 5.92 Å². The van der Waals surface area contributed by atoms with Crippen LogP contribution < -0.4 is 5.32 Å². The zero-order valence-corrected chi connectivity index (χ0v) is 12.0. The number of hydrogen-bond donors (Lipinski definition) is 1. The van der Waals surface area contributed by atoms with E-state index in [9.17, 15) is 4.79 Å². The molecule has 0 aromatic carbocycles. The first kappa shape index (κ1) is 13.6. The maximum atomic E-state index is 12.0. The number of nitrogens with zero attached hydrogens (tertiary/aromatic N) is 2. The third-order valence-corrected chi connectivity index (χ3v) is 4.36. The zero-order chi connectivity index (χ0) is 13.9. The van der Waals surface area contributed by atoms with Gasteiger partial charge in [0.05, 0.1) is 6.26 Å². The molecule has 1 aromatic rings. The second-order valence-electron chi connectivity index (χ2n) is 5.90. The number of carbonyl (C=O) groups is 1. The smallest absolute Gasteiger partial charge is 0.223 e. The van der Waals surface area contributed by atoms with Gasteiger partial charge in [-0.1, -0.05) is 0 Å². The van der Waals surface area contributed by atoms with Crippen LogP contribution in [0.3, 0.4) is 0 Å². The van der Waals surface area contributed by atoms with Crippen molar-refractivity contribution in [1.82, 2.24) is 15.1 Å². The molecule has 2 atom stereocenters. The third-order valence-electron chi connectivity index (χ3n) is 4.36. The number of amides is 1. The fourth-order valence-electron chi connectivity index (χ4n) is 2.84. The van der Waals surface area contributed by atoms with Crippen molar-refractivity contribution in [3.05, 3.63) is 24.2 Å². The Morgan fingerprint density at radius 1 is 1.40 bits per heavy atom. The summed E-state index contributed by atoms with van der Waals surface area (Å²) in [7, 11) is 2.15. The molecule has 1 aromatic heterocycles. The first-order valence-electron chi connectivity index (χ1n) is 7.46. The van der Waals surface area contributed by atoms with Crippen LogP contribution in [0.5, 0.6) is 0 Å². The summed E-state index contributed by atoms with van der Waals surface area (Å²) >= 11 is 0. The largest absolute Gasteiger partial charge is 0.469 e. The molecule has 1 aliphatic heterocycles. The molecular formula is C15H23N3O2. The molecule has 1 amide bonds. The normalized spacial score (nSPS) is 27.4. The number of piperazine rings is 1. The highest BCUT2D eigenvalue weighted by Gasteiger charge is 2.45. The monoisotopic (exact) mass is 277 g/mol. The average molecular weight is 277 g/mol. The van der Waals surface area contributed by atoms with Crippen LogP contribution in [0.25, 0.3) is 0 Å². The second kappa shape index (κ2) is 5.97. The Labute approximate surface area is 119 Å². The molecule has 2 fully saturated rings. The van der Waals surface area contributed by atoms with E-state index < -0.39 is 0 Å². The highest BCUT2D eigenvalue weighted by atomic mass is 16.3. The van der Waals surface area contributed by atoms with Gasteiger partial charge >= 0.3 is 0 Å². The minimum absolute atomic E-state index is 0.119. The predicted octanol–water partition coefficient (Wildman–Crippen LogP) is 0.747. The van der Waals surface area contributed by atoms with Gasteiger partial charge in [-0.2, -0.15) is 0 Å². The van der Waals surface area contributed by atoms with Gasteiger partial charge in [0.15, 0.2) is 0 Å². The molecule has 1 saturated carbocycles. The van der Waals surface area contributed by atoms with Crippen LogP contribution in [0.1, 0.15) is 18.1 Å². The van der Waals surface area contributed by atoms with Gasteiger partial charge in [-0.25, -0.2) is 0 Å². The van der Waals surface area contributed by atoms with Crippen LogP contribution in [0.2, 0.25) is 0 Å². The van der Waals surface area contributed by atoms with Crippen molar-refractivity contribution in [2.75, 3.05) is 46.3 Å². The predicted molar refractivity (Wildman–Crippen MR) is 76.5 cm³/mol. The molecule has 0 spiro atoms. The van der Waals surface area contributed by atoms with Crippen molar-refractivity contribution < 1.29 is 9.21 Å². The number of furan rings is 1. The minimum Gasteiger partial charge on any atom is -0.469 e. The standard InChI is InChI=1S/C15H23N3O2/c1-17-6-8-18(9-7-17)5-4-16-15(19)13-11-12(13)14-3-2-10-20-14/h2-3,10,12-13H,4-9,11H2,1H3,(H,16,19)/t12-,13+/m0/s1. The van der Waals surface area contributed by atoms with Gasteiger partial charge in [-0.15, -0.1) is 0 Å². The summed E-state index contributed by atoms with van der Waals surface area (Å²) in [5.41, 5.74) is 0. The Balaban J connectivity index is 1.34. The summed E-state index contributed by atoms with van der Waals surface area (Å²) in [6.45, 7) is 6.16. The van der Waals surface area contributed by atoms with Crippen molar-refractivity contribution in [3.8, 4) is 0 Å². The molecule has 1 saturated heterocycles. The van der Waals surface area contributed by atoms with Crippen LogP contribution in [-0.2, 0) is 4.79 Å².